The van der Waals surface area contributed by atoms with E-state index in [1.165, 1.54) is 7.11 Å². The molecule has 3 rings (SSSR count). The average molecular weight is 614 g/mol. The molecule has 1 saturated heterocycles. The van der Waals surface area contributed by atoms with Crippen molar-refractivity contribution in [3.63, 3.8) is 0 Å². The van der Waals surface area contributed by atoms with Crippen LogP contribution in [0.2, 0.25) is 0 Å². The summed E-state index contributed by atoms with van der Waals surface area (Å²) in [5, 5.41) is 7.46. The number of ether oxygens (including phenoxy) is 1. The molecule has 11 heteroatoms. The number of nitrogens with one attached hydrogen (secondary N) is 1. The maximum atomic E-state index is 12.6. The van der Waals surface area contributed by atoms with Gasteiger partial charge in [-0.2, -0.15) is 0 Å². The first-order valence-electron chi connectivity index (χ1n) is 8.97. The lowest BCUT2D eigenvalue weighted by Gasteiger charge is -2.38. The second-order valence-electron chi connectivity index (χ2n) is 7.24. The van der Waals surface area contributed by atoms with Gasteiger partial charge in [-0.05, 0) is 31.5 Å². The van der Waals surface area contributed by atoms with E-state index in [2.05, 4.69) is 14.6 Å². The van der Waals surface area contributed by atoms with E-state index in [4.69, 9.17) is 16.9 Å². The van der Waals surface area contributed by atoms with Crippen LogP contribution in [0.4, 0.5) is 0 Å². The zero-order valence-corrected chi connectivity index (χ0v) is 21.8. The van der Waals surface area contributed by atoms with Crippen molar-refractivity contribution >= 4 is 74.4 Å². The van der Waals surface area contributed by atoms with Crippen molar-refractivity contribution < 1.29 is 14.3 Å². The lowest BCUT2D eigenvalue weighted by atomic mass is 9.75. The normalized spacial score (nSPS) is 18.3. The van der Waals surface area contributed by atoms with Crippen LogP contribution in [0.25, 0.3) is 0 Å². The van der Waals surface area contributed by atoms with Gasteiger partial charge in [0.15, 0.2) is 0 Å². The third kappa shape index (κ3) is 6.19. The van der Waals surface area contributed by atoms with Crippen molar-refractivity contribution in [2.45, 2.75) is 25.3 Å². The summed E-state index contributed by atoms with van der Waals surface area (Å²) in [4.78, 5) is 30.5. The van der Waals surface area contributed by atoms with Crippen LogP contribution in [-0.4, -0.2) is 61.1 Å². The molecule has 2 heterocycles. The van der Waals surface area contributed by atoms with Gasteiger partial charge in [0.05, 0.1) is 18.2 Å². The summed E-state index contributed by atoms with van der Waals surface area (Å²) in [7, 11) is 1.33. The molecular formula is C19H28Br3N5O3. The minimum absolute atomic E-state index is 0. The second-order valence-corrected chi connectivity index (χ2v) is 7.24. The SMILES string of the molecule is Br.Br.Br.COC(=O)C(N)CN1CCC2(CC1)CC(c1ccc(C(=N)N)cc1)=NC2=O. The largest absolute Gasteiger partial charge is 0.468 e. The molecule has 30 heavy (non-hydrogen) atoms. The molecule has 1 unspecified atom stereocenters. The number of hydrogen-bond acceptors (Lipinski definition) is 6. The van der Waals surface area contributed by atoms with Gasteiger partial charge in [0.25, 0.3) is 5.91 Å². The topological polar surface area (TPSA) is 135 Å². The van der Waals surface area contributed by atoms with Gasteiger partial charge in [0.2, 0.25) is 0 Å². The van der Waals surface area contributed by atoms with Gasteiger partial charge in [-0.1, -0.05) is 24.3 Å². The molecule has 1 atom stereocenters. The van der Waals surface area contributed by atoms with Gasteiger partial charge in [-0.3, -0.25) is 15.0 Å². The van der Waals surface area contributed by atoms with Gasteiger partial charge < -0.3 is 21.1 Å². The molecule has 8 nitrogen and oxygen atoms in total. The van der Waals surface area contributed by atoms with Gasteiger partial charge in [0, 0.05) is 18.5 Å². The third-order valence-corrected chi connectivity index (χ3v) is 5.50. The maximum absolute atomic E-state index is 12.6. The van der Waals surface area contributed by atoms with E-state index in [0.29, 0.717) is 44.5 Å². The molecule has 2 aliphatic rings. The lowest BCUT2D eigenvalue weighted by molar-refractivity contribution is -0.143. The highest BCUT2D eigenvalue weighted by Gasteiger charge is 2.46. The number of carbonyl (C=O) groups excluding carboxylic acids is 2. The van der Waals surface area contributed by atoms with Gasteiger partial charge in [-0.25, -0.2) is 4.99 Å². The number of likely N-dealkylation sites (tertiary alicyclic amines) is 1. The highest BCUT2D eigenvalue weighted by molar-refractivity contribution is 8.93. The summed E-state index contributed by atoms with van der Waals surface area (Å²) >= 11 is 0. The van der Waals surface area contributed by atoms with Crippen molar-refractivity contribution in [3.8, 4) is 0 Å². The van der Waals surface area contributed by atoms with Crippen LogP contribution in [-0.2, 0) is 14.3 Å². The van der Waals surface area contributed by atoms with E-state index in [9.17, 15) is 9.59 Å². The molecule has 1 aromatic carbocycles. The van der Waals surface area contributed by atoms with Crippen LogP contribution in [0.1, 0.15) is 30.4 Å². The van der Waals surface area contributed by atoms with E-state index >= 15 is 0 Å². The summed E-state index contributed by atoms with van der Waals surface area (Å²) in [6.07, 6.45) is 2.00. The summed E-state index contributed by atoms with van der Waals surface area (Å²) in [6, 6.07) is 6.58. The number of piperidine rings is 1. The Morgan fingerprint density at radius 2 is 1.80 bits per heavy atom. The number of nitrogens with two attached hydrogens (primary N) is 2. The first kappa shape index (κ1) is 28.9. The standard InChI is InChI=1S/C19H25N5O3.3BrH/c1-27-17(25)14(20)11-24-8-6-19(7-9-24)10-15(23-18(19)26)12-2-4-13(5-3-12)16(21)22;;;/h2-5,14H,6-11,20H2,1H3,(H3,21,22);3*1H. The molecule has 0 radical (unpaired) electrons. The number of nitrogens with zero attached hydrogens (tertiary/aromatic N) is 2. The first-order valence-corrected chi connectivity index (χ1v) is 8.97. The zero-order valence-electron chi connectivity index (χ0n) is 16.6. The quantitative estimate of drug-likeness (QED) is 0.264. The smallest absolute Gasteiger partial charge is 0.323 e. The Labute approximate surface area is 207 Å². The summed E-state index contributed by atoms with van der Waals surface area (Å²) in [6.45, 7) is 1.82. The molecule has 0 aliphatic carbocycles. The number of hydrogen-bond donors (Lipinski definition) is 3. The number of rotatable bonds is 5. The summed E-state index contributed by atoms with van der Waals surface area (Å²) < 4.78 is 4.67. The predicted octanol–water partition coefficient (Wildman–Crippen LogP) is 2.01. The number of benzene rings is 1. The summed E-state index contributed by atoms with van der Waals surface area (Å²) in [5.74, 6) is -0.475. The van der Waals surface area contributed by atoms with Crippen LogP contribution >= 0.6 is 50.9 Å². The molecule has 1 spiro atoms. The van der Waals surface area contributed by atoms with Gasteiger partial charge in [-0.15, -0.1) is 50.9 Å². The Morgan fingerprint density at radius 1 is 1.23 bits per heavy atom. The Hall–Kier alpha value is -1.14. The molecule has 1 aromatic rings. The predicted molar refractivity (Wildman–Crippen MR) is 133 cm³/mol. The number of carbonyl (C=O) groups is 2. The molecule has 0 saturated carbocycles. The second kappa shape index (κ2) is 12.0. The van der Waals surface area contributed by atoms with Crippen LogP contribution in [0.3, 0.4) is 0 Å². The average Bonchev–Trinajstić information content (AvgIpc) is 2.99. The Morgan fingerprint density at radius 3 is 2.30 bits per heavy atom. The Kier molecular flexibility index (Phi) is 11.6. The fourth-order valence-corrected chi connectivity index (χ4v) is 3.74. The molecule has 1 amide bonds. The van der Waals surface area contributed by atoms with Gasteiger partial charge >= 0.3 is 5.97 Å². The van der Waals surface area contributed by atoms with Crippen LogP contribution in [0.5, 0.6) is 0 Å². The molecular weight excluding hydrogens is 586 g/mol. The number of nitrogen functional groups attached to an aromatic ring is 1. The highest BCUT2D eigenvalue weighted by Crippen LogP contribution is 2.41. The van der Waals surface area contributed by atoms with E-state index in [1.807, 2.05) is 12.1 Å². The first-order chi connectivity index (χ1) is 12.8. The molecule has 0 aromatic heterocycles. The molecule has 5 N–H and O–H groups in total. The number of aliphatic imine (C=N–C) groups is 1. The van der Waals surface area contributed by atoms with Crippen LogP contribution < -0.4 is 11.5 Å². The highest BCUT2D eigenvalue weighted by atomic mass is 79.9. The number of amides is 1. The number of methoxy groups -OCH3 is 1. The van der Waals surface area contributed by atoms with Crippen molar-refractivity contribution in [1.82, 2.24) is 4.90 Å². The Balaban J connectivity index is 0.00000280. The minimum Gasteiger partial charge on any atom is -0.468 e. The monoisotopic (exact) mass is 611 g/mol. The van der Waals surface area contributed by atoms with Crippen molar-refractivity contribution in [2.75, 3.05) is 26.7 Å². The number of halogens is 3. The van der Waals surface area contributed by atoms with Crippen LogP contribution in [0.15, 0.2) is 29.3 Å². The molecule has 2 aliphatic heterocycles. The Bertz CT molecular complexity index is 793. The van der Waals surface area contributed by atoms with E-state index < -0.39 is 17.4 Å². The van der Waals surface area contributed by atoms with Gasteiger partial charge in [0.1, 0.15) is 11.9 Å². The fraction of sp³-hybridized carbons (Fsp3) is 0.474. The minimum atomic E-state index is -0.671. The van der Waals surface area contributed by atoms with E-state index in [1.54, 1.807) is 12.1 Å². The fourth-order valence-electron chi connectivity index (χ4n) is 3.74. The van der Waals surface area contributed by atoms with E-state index in [0.717, 1.165) is 11.3 Å². The molecule has 1 fully saturated rings. The summed E-state index contributed by atoms with van der Waals surface area (Å²) in [5.41, 5.74) is 13.2. The number of esters is 1. The van der Waals surface area contributed by atoms with Crippen LogP contribution in [0, 0.1) is 10.8 Å². The molecule has 168 valence electrons. The third-order valence-electron chi connectivity index (χ3n) is 5.50. The van der Waals surface area contributed by atoms with E-state index in [-0.39, 0.29) is 62.7 Å². The van der Waals surface area contributed by atoms with Crippen molar-refractivity contribution in [2.24, 2.45) is 21.9 Å². The van der Waals surface area contributed by atoms with Crippen molar-refractivity contribution in [1.29, 1.82) is 5.41 Å². The molecule has 0 bridgehead atoms. The maximum Gasteiger partial charge on any atom is 0.323 e. The zero-order chi connectivity index (χ0) is 19.6. The lowest BCUT2D eigenvalue weighted by Crippen LogP contribution is -2.49. The number of amidine groups is 1. The van der Waals surface area contributed by atoms with Crippen molar-refractivity contribution in [3.05, 3.63) is 35.4 Å².